The number of benzene rings is 1. The minimum absolute atomic E-state index is 0.0640. The summed E-state index contributed by atoms with van der Waals surface area (Å²) in [5, 5.41) is 3.24. The van der Waals surface area contributed by atoms with Crippen molar-refractivity contribution in [2.24, 2.45) is 0 Å². The second-order valence-corrected chi connectivity index (χ2v) is 8.67. The van der Waals surface area contributed by atoms with Crippen molar-refractivity contribution in [2.75, 3.05) is 13.2 Å². The molecule has 1 amide bonds. The summed E-state index contributed by atoms with van der Waals surface area (Å²) >= 11 is 6.53. The molecule has 0 bridgehead atoms. The number of imidazole rings is 1. The zero-order valence-electron chi connectivity index (χ0n) is 17.2. The Balaban J connectivity index is 1.25. The Hall–Kier alpha value is -2.88. The number of H-pyrrole nitrogens is 1. The van der Waals surface area contributed by atoms with Crippen LogP contribution in [-0.2, 0) is 14.2 Å². The van der Waals surface area contributed by atoms with Crippen LogP contribution in [0.2, 0.25) is 5.02 Å². The van der Waals surface area contributed by atoms with E-state index in [0.717, 1.165) is 17.5 Å². The van der Waals surface area contributed by atoms with Gasteiger partial charge in [0.1, 0.15) is 12.2 Å². The third-order valence-corrected chi connectivity index (χ3v) is 6.42. The van der Waals surface area contributed by atoms with Gasteiger partial charge in [-0.2, -0.15) is 4.98 Å². The lowest BCUT2D eigenvalue weighted by Crippen LogP contribution is -2.32. The molecule has 0 unspecified atom stereocenters. The van der Waals surface area contributed by atoms with Crippen LogP contribution < -0.4 is 10.1 Å². The molecule has 1 aromatic carbocycles. The number of ether oxygens (including phenoxy) is 4. The highest BCUT2D eigenvalue weighted by molar-refractivity contribution is 6.33. The van der Waals surface area contributed by atoms with E-state index < -0.39 is 6.09 Å². The van der Waals surface area contributed by atoms with Crippen LogP contribution in [0.1, 0.15) is 25.0 Å². The van der Waals surface area contributed by atoms with Crippen molar-refractivity contribution in [3.63, 3.8) is 0 Å². The zero-order valence-corrected chi connectivity index (χ0v) is 18.0. The monoisotopic (exact) mass is 456 g/mol. The molecule has 2 N–H and O–H groups in total. The van der Waals surface area contributed by atoms with E-state index >= 15 is 0 Å². The maximum absolute atomic E-state index is 11.5. The number of hydrogen-bond acceptors (Lipinski definition) is 7. The molecular weight excluding hydrogens is 436 g/mol. The number of fused-ring (bicyclic) bond motifs is 2. The van der Waals surface area contributed by atoms with Crippen LogP contribution in [-0.4, -0.2) is 58.6 Å². The topological polar surface area (TPSA) is 108 Å². The fourth-order valence-electron chi connectivity index (χ4n) is 4.53. The Morgan fingerprint density at radius 2 is 2.03 bits per heavy atom. The van der Waals surface area contributed by atoms with Crippen molar-refractivity contribution < 1.29 is 23.7 Å². The lowest BCUT2D eigenvalue weighted by Gasteiger charge is -2.15. The van der Waals surface area contributed by atoms with E-state index in [0.29, 0.717) is 41.1 Å². The Labute approximate surface area is 188 Å². The number of aromatic amines is 1. The normalized spacial score (nSPS) is 29.2. The van der Waals surface area contributed by atoms with Crippen molar-refractivity contribution in [2.45, 2.75) is 43.8 Å². The third kappa shape index (κ3) is 3.37. The SMILES string of the molecule is C[C@H]1NC(=O)O[C@H]1c1ccc(-c2nc3nc(O[C@@H]4CO[C@@H]5CCO[C@@H]54)[nH]c3cc2Cl)cc1. The summed E-state index contributed by atoms with van der Waals surface area (Å²) in [6.45, 7) is 3.07. The molecule has 3 saturated heterocycles. The maximum Gasteiger partial charge on any atom is 0.408 e. The highest BCUT2D eigenvalue weighted by Crippen LogP contribution is 2.33. The number of carbonyl (C=O) groups excluding carboxylic acids is 1. The number of carbonyl (C=O) groups is 1. The van der Waals surface area contributed by atoms with Gasteiger partial charge < -0.3 is 29.2 Å². The van der Waals surface area contributed by atoms with Gasteiger partial charge in [-0.05, 0) is 25.0 Å². The van der Waals surface area contributed by atoms with Crippen LogP contribution in [0.5, 0.6) is 6.01 Å². The van der Waals surface area contributed by atoms with Crippen LogP contribution in [0.25, 0.3) is 22.4 Å². The largest absolute Gasteiger partial charge is 0.456 e. The summed E-state index contributed by atoms with van der Waals surface area (Å²) in [4.78, 5) is 23.7. The van der Waals surface area contributed by atoms with Gasteiger partial charge in [0.05, 0.1) is 35.0 Å². The Kier molecular flexibility index (Phi) is 4.71. The number of halogens is 1. The molecule has 3 aliphatic rings. The van der Waals surface area contributed by atoms with Crippen molar-refractivity contribution in [3.8, 4) is 17.3 Å². The van der Waals surface area contributed by atoms with Gasteiger partial charge in [-0.25, -0.2) is 9.78 Å². The molecule has 32 heavy (non-hydrogen) atoms. The fraction of sp³-hybridized carbons (Fsp3) is 0.409. The minimum atomic E-state index is -0.405. The van der Waals surface area contributed by atoms with Crippen LogP contribution in [0.4, 0.5) is 4.79 Å². The minimum Gasteiger partial charge on any atom is -0.456 e. The molecule has 3 aliphatic heterocycles. The summed E-state index contributed by atoms with van der Waals surface area (Å²) in [7, 11) is 0. The summed E-state index contributed by atoms with van der Waals surface area (Å²) in [5.41, 5.74) is 3.54. The molecule has 0 spiro atoms. The molecule has 10 heteroatoms. The van der Waals surface area contributed by atoms with Gasteiger partial charge in [-0.15, -0.1) is 0 Å². The summed E-state index contributed by atoms with van der Waals surface area (Å²) in [5.74, 6) is 0. The molecule has 5 atom stereocenters. The van der Waals surface area contributed by atoms with E-state index in [2.05, 4.69) is 20.3 Å². The number of cyclic esters (lactones) is 1. The van der Waals surface area contributed by atoms with Gasteiger partial charge in [-0.1, -0.05) is 35.9 Å². The quantitative estimate of drug-likeness (QED) is 0.619. The van der Waals surface area contributed by atoms with Gasteiger partial charge in [0.2, 0.25) is 0 Å². The Morgan fingerprint density at radius 3 is 2.81 bits per heavy atom. The first-order chi connectivity index (χ1) is 15.5. The third-order valence-electron chi connectivity index (χ3n) is 6.13. The molecule has 6 rings (SSSR count). The molecular formula is C22H21ClN4O5. The Bertz CT molecular complexity index is 1180. The first-order valence-electron chi connectivity index (χ1n) is 10.6. The molecule has 0 saturated carbocycles. The van der Waals surface area contributed by atoms with Gasteiger partial charge >= 0.3 is 6.09 Å². The van der Waals surface area contributed by atoms with Crippen molar-refractivity contribution in [1.29, 1.82) is 0 Å². The lowest BCUT2D eigenvalue weighted by atomic mass is 10.0. The number of hydrogen-bond donors (Lipinski definition) is 2. The molecule has 9 nitrogen and oxygen atoms in total. The predicted molar refractivity (Wildman–Crippen MR) is 115 cm³/mol. The molecule has 166 valence electrons. The van der Waals surface area contributed by atoms with E-state index in [1.807, 2.05) is 31.2 Å². The molecule has 5 heterocycles. The first kappa shape index (κ1) is 19.8. The Morgan fingerprint density at radius 1 is 1.19 bits per heavy atom. The number of nitrogens with zero attached hydrogens (tertiary/aromatic N) is 2. The maximum atomic E-state index is 11.5. The van der Waals surface area contributed by atoms with Gasteiger partial charge in [0.25, 0.3) is 6.01 Å². The van der Waals surface area contributed by atoms with Gasteiger partial charge in [-0.3, -0.25) is 0 Å². The van der Waals surface area contributed by atoms with Crippen molar-refractivity contribution >= 4 is 28.9 Å². The number of amides is 1. The van der Waals surface area contributed by atoms with E-state index in [4.69, 9.17) is 30.5 Å². The smallest absolute Gasteiger partial charge is 0.408 e. The van der Waals surface area contributed by atoms with Gasteiger partial charge in [0.15, 0.2) is 11.8 Å². The average molecular weight is 457 g/mol. The first-order valence-corrected chi connectivity index (χ1v) is 11.0. The molecule has 3 aromatic rings. The van der Waals surface area contributed by atoms with E-state index in [1.165, 1.54) is 0 Å². The number of nitrogens with one attached hydrogen (secondary N) is 2. The molecule has 3 fully saturated rings. The van der Waals surface area contributed by atoms with Crippen LogP contribution in [0.15, 0.2) is 30.3 Å². The average Bonchev–Trinajstić information content (AvgIpc) is 3.53. The molecule has 0 aliphatic carbocycles. The molecule has 0 radical (unpaired) electrons. The summed E-state index contributed by atoms with van der Waals surface area (Å²) in [6.07, 6.45) is -0.00666. The van der Waals surface area contributed by atoms with E-state index in [9.17, 15) is 4.79 Å². The predicted octanol–water partition coefficient (Wildman–Crippen LogP) is 3.38. The van der Waals surface area contributed by atoms with Crippen LogP contribution in [0, 0.1) is 0 Å². The summed E-state index contributed by atoms with van der Waals surface area (Å²) in [6, 6.07) is 9.70. The van der Waals surface area contributed by atoms with Crippen LogP contribution in [0.3, 0.4) is 0 Å². The number of aromatic nitrogens is 3. The zero-order chi connectivity index (χ0) is 21.8. The number of pyridine rings is 1. The number of rotatable bonds is 4. The van der Waals surface area contributed by atoms with Gasteiger partial charge in [0, 0.05) is 12.2 Å². The van der Waals surface area contributed by atoms with Crippen molar-refractivity contribution in [3.05, 3.63) is 40.9 Å². The lowest BCUT2D eigenvalue weighted by molar-refractivity contribution is 0.0273. The highest BCUT2D eigenvalue weighted by atomic mass is 35.5. The molecule has 2 aromatic heterocycles. The van der Waals surface area contributed by atoms with E-state index in [1.54, 1.807) is 6.07 Å². The fourth-order valence-corrected chi connectivity index (χ4v) is 4.79. The van der Waals surface area contributed by atoms with Crippen molar-refractivity contribution in [1.82, 2.24) is 20.3 Å². The van der Waals surface area contributed by atoms with E-state index in [-0.39, 0.29) is 30.5 Å². The second-order valence-electron chi connectivity index (χ2n) is 8.27. The number of alkyl carbamates (subject to hydrolysis) is 1. The highest BCUT2D eigenvalue weighted by Gasteiger charge is 2.43. The summed E-state index contributed by atoms with van der Waals surface area (Å²) < 4.78 is 22.8. The second kappa shape index (κ2) is 7.61. The standard InChI is InChI=1S/C22H21ClN4O5/c1-10-18(32-22(28)24-10)12-4-2-11(3-5-12)17-13(23)8-14-20(26-17)27-21(25-14)31-16-9-30-15-6-7-29-19(15)16/h2-5,8,10,15-16,18-19H,6-7,9H2,1H3,(H,24,28)(H,25,26,27)/t10-,15-,16-,18-,19+/m1/s1. The van der Waals surface area contributed by atoms with Crippen LogP contribution >= 0.6 is 11.6 Å².